The highest BCUT2D eigenvalue weighted by Gasteiger charge is 2.36. The van der Waals surface area contributed by atoms with Gasteiger partial charge in [0.2, 0.25) is 0 Å². The third-order valence-corrected chi connectivity index (χ3v) is 2.97. The normalized spacial score (nSPS) is 24.4. The van der Waals surface area contributed by atoms with Gasteiger partial charge in [0.25, 0.3) is 0 Å². The van der Waals surface area contributed by atoms with Crippen LogP contribution in [0.25, 0.3) is 0 Å². The Bertz CT molecular complexity index is 353. The Hall–Kier alpha value is -1.29. The Kier molecular flexibility index (Phi) is 3.01. The molecule has 0 aromatic heterocycles. The highest BCUT2D eigenvalue weighted by molar-refractivity contribution is 5.41. The van der Waals surface area contributed by atoms with Crippen LogP contribution in [0.2, 0.25) is 0 Å². The van der Waals surface area contributed by atoms with Crippen LogP contribution in [0.15, 0.2) is 18.2 Å². The number of benzene rings is 1. The van der Waals surface area contributed by atoms with Crippen LogP contribution >= 0.6 is 0 Å². The molecule has 1 aliphatic heterocycles. The lowest BCUT2D eigenvalue weighted by Gasteiger charge is -2.20. The number of nitrogens with one attached hydrogen (secondary N) is 1. The molecule has 1 aromatic rings. The minimum absolute atomic E-state index is 0.351. The van der Waals surface area contributed by atoms with Crippen molar-refractivity contribution in [2.45, 2.75) is 12.1 Å². The summed E-state index contributed by atoms with van der Waals surface area (Å²) in [5.41, 5.74) is -0.685. The molecular formula is C12H16FNO2. The Labute approximate surface area is 94.6 Å². The molecular weight excluding hydrogens is 209 g/mol. The summed E-state index contributed by atoms with van der Waals surface area (Å²) in [5, 5.41) is 3.03. The van der Waals surface area contributed by atoms with Gasteiger partial charge in [-0.15, -0.1) is 0 Å². The first-order valence-corrected chi connectivity index (χ1v) is 5.31. The van der Waals surface area contributed by atoms with E-state index in [1.165, 1.54) is 0 Å². The van der Waals surface area contributed by atoms with Gasteiger partial charge in [0.05, 0.1) is 14.2 Å². The van der Waals surface area contributed by atoms with E-state index in [-0.39, 0.29) is 0 Å². The summed E-state index contributed by atoms with van der Waals surface area (Å²) in [7, 11) is 3.13. The maximum atomic E-state index is 14.5. The van der Waals surface area contributed by atoms with E-state index in [2.05, 4.69) is 5.32 Å². The van der Waals surface area contributed by atoms with Crippen molar-refractivity contribution in [3.63, 3.8) is 0 Å². The quantitative estimate of drug-likeness (QED) is 0.851. The minimum atomic E-state index is -1.30. The topological polar surface area (TPSA) is 30.5 Å². The van der Waals surface area contributed by atoms with E-state index in [4.69, 9.17) is 9.47 Å². The molecule has 1 aliphatic rings. The number of halogens is 1. The molecule has 1 saturated heterocycles. The van der Waals surface area contributed by atoms with Crippen LogP contribution in [0.3, 0.4) is 0 Å². The lowest BCUT2D eigenvalue weighted by atomic mass is 9.94. The predicted molar refractivity (Wildman–Crippen MR) is 59.8 cm³/mol. The van der Waals surface area contributed by atoms with Gasteiger partial charge >= 0.3 is 0 Å². The summed E-state index contributed by atoms with van der Waals surface area (Å²) in [6, 6.07) is 5.21. The zero-order valence-corrected chi connectivity index (χ0v) is 9.55. The first kappa shape index (κ1) is 11.2. The van der Waals surface area contributed by atoms with Gasteiger partial charge in [-0.1, -0.05) is 0 Å². The molecule has 0 amide bonds. The summed E-state index contributed by atoms with van der Waals surface area (Å²) in [4.78, 5) is 0. The van der Waals surface area contributed by atoms with Crippen molar-refractivity contribution in [3.05, 3.63) is 23.8 Å². The molecule has 0 unspecified atom stereocenters. The molecule has 1 fully saturated rings. The highest BCUT2D eigenvalue weighted by Crippen LogP contribution is 2.36. The third kappa shape index (κ3) is 1.97. The van der Waals surface area contributed by atoms with Gasteiger partial charge in [-0.2, -0.15) is 0 Å². The SMILES string of the molecule is COc1cc(OC)cc([C@@]2(F)CCNC2)c1. The molecule has 0 aliphatic carbocycles. The lowest BCUT2D eigenvalue weighted by molar-refractivity contribution is 0.192. The van der Waals surface area contributed by atoms with Gasteiger partial charge in [0.1, 0.15) is 17.2 Å². The zero-order chi connectivity index (χ0) is 11.6. The molecule has 2 rings (SSSR count). The van der Waals surface area contributed by atoms with Crippen molar-refractivity contribution in [1.29, 1.82) is 0 Å². The number of hydrogen-bond acceptors (Lipinski definition) is 3. The second kappa shape index (κ2) is 4.29. The van der Waals surface area contributed by atoms with Crippen molar-refractivity contribution < 1.29 is 13.9 Å². The molecule has 4 heteroatoms. The predicted octanol–water partition coefficient (Wildman–Crippen LogP) is 1.86. The fourth-order valence-corrected chi connectivity index (χ4v) is 1.97. The number of alkyl halides is 1. The van der Waals surface area contributed by atoms with E-state index >= 15 is 0 Å². The fourth-order valence-electron chi connectivity index (χ4n) is 1.97. The van der Waals surface area contributed by atoms with E-state index in [9.17, 15) is 4.39 Å². The molecule has 3 nitrogen and oxygen atoms in total. The van der Waals surface area contributed by atoms with Gasteiger partial charge in [-0.05, 0) is 30.7 Å². The van der Waals surface area contributed by atoms with E-state index in [1.807, 2.05) is 0 Å². The van der Waals surface area contributed by atoms with Gasteiger partial charge in [-0.25, -0.2) is 4.39 Å². The molecule has 16 heavy (non-hydrogen) atoms. The summed E-state index contributed by atoms with van der Waals surface area (Å²) >= 11 is 0. The van der Waals surface area contributed by atoms with Crippen LogP contribution in [-0.4, -0.2) is 27.3 Å². The standard InChI is InChI=1S/C12H16FNO2/c1-15-10-5-9(6-11(7-10)16-2)12(13)3-4-14-8-12/h5-7,14H,3-4,8H2,1-2H3/t12-/m1/s1. The van der Waals surface area contributed by atoms with Gasteiger partial charge in [0.15, 0.2) is 0 Å². The average Bonchev–Trinajstić information content (AvgIpc) is 2.77. The van der Waals surface area contributed by atoms with Crippen LogP contribution in [0, 0.1) is 0 Å². The van der Waals surface area contributed by atoms with Crippen molar-refractivity contribution in [3.8, 4) is 11.5 Å². The Morgan fingerprint density at radius 2 is 1.81 bits per heavy atom. The minimum Gasteiger partial charge on any atom is -0.497 e. The van der Waals surface area contributed by atoms with Crippen LogP contribution < -0.4 is 14.8 Å². The van der Waals surface area contributed by atoms with Crippen LogP contribution in [0.4, 0.5) is 4.39 Å². The summed E-state index contributed by atoms with van der Waals surface area (Å²) in [5.74, 6) is 1.25. The monoisotopic (exact) mass is 225 g/mol. The lowest BCUT2D eigenvalue weighted by Crippen LogP contribution is -2.23. The third-order valence-electron chi connectivity index (χ3n) is 2.97. The van der Waals surface area contributed by atoms with Crippen molar-refractivity contribution >= 4 is 0 Å². The molecule has 0 radical (unpaired) electrons. The second-order valence-corrected chi connectivity index (χ2v) is 3.99. The smallest absolute Gasteiger partial charge is 0.149 e. The molecule has 88 valence electrons. The highest BCUT2D eigenvalue weighted by atomic mass is 19.1. The average molecular weight is 225 g/mol. The van der Waals surface area contributed by atoms with E-state index in [0.717, 1.165) is 0 Å². The maximum absolute atomic E-state index is 14.5. The molecule has 1 N–H and O–H groups in total. The summed E-state index contributed by atoms with van der Waals surface area (Å²) in [6.45, 7) is 1.05. The zero-order valence-electron chi connectivity index (χ0n) is 9.55. The summed E-state index contributed by atoms with van der Waals surface area (Å²) < 4.78 is 24.8. The Morgan fingerprint density at radius 3 is 2.25 bits per heavy atom. The van der Waals surface area contributed by atoms with Crippen LogP contribution in [-0.2, 0) is 5.67 Å². The first-order chi connectivity index (χ1) is 7.68. The van der Waals surface area contributed by atoms with Crippen LogP contribution in [0.1, 0.15) is 12.0 Å². The Balaban J connectivity index is 2.39. The van der Waals surface area contributed by atoms with E-state index in [1.54, 1.807) is 32.4 Å². The summed E-state index contributed by atoms with van der Waals surface area (Å²) in [6.07, 6.45) is 0.489. The number of rotatable bonds is 3. The first-order valence-electron chi connectivity index (χ1n) is 5.31. The van der Waals surface area contributed by atoms with Crippen molar-refractivity contribution in [1.82, 2.24) is 5.32 Å². The second-order valence-electron chi connectivity index (χ2n) is 3.99. The van der Waals surface area contributed by atoms with Gasteiger partial charge in [-0.3, -0.25) is 0 Å². The Morgan fingerprint density at radius 1 is 1.19 bits per heavy atom. The molecule has 1 aromatic carbocycles. The van der Waals surface area contributed by atoms with Crippen molar-refractivity contribution in [2.75, 3.05) is 27.3 Å². The van der Waals surface area contributed by atoms with Gasteiger partial charge < -0.3 is 14.8 Å². The molecule has 0 bridgehead atoms. The van der Waals surface area contributed by atoms with Crippen LogP contribution in [0.5, 0.6) is 11.5 Å². The van der Waals surface area contributed by atoms with E-state index < -0.39 is 5.67 Å². The molecule has 0 spiro atoms. The molecule has 1 heterocycles. The number of hydrogen-bond donors (Lipinski definition) is 1. The maximum Gasteiger partial charge on any atom is 0.149 e. The number of methoxy groups -OCH3 is 2. The van der Waals surface area contributed by atoms with Gasteiger partial charge in [0, 0.05) is 12.6 Å². The fraction of sp³-hybridized carbons (Fsp3) is 0.500. The van der Waals surface area contributed by atoms with Crippen molar-refractivity contribution in [2.24, 2.45) is 0 Å². The largest absolute Gasteiger partial charge is 0.497 e. The molecule has 1 atom stereocenters. The molecule has 0 saturated carbocycles. The van der Waals surface area contributed by atoms with E-state index in [0.29, 0.717) is 36.6 Å². The number of ether oxygens (including phenoxy) is 2.